The summed E-state index contributed by atoms with van der Waals surface area (Å²) in [5, 5.41) is 0. The van der Waals surface area contributed by atoms with E-state index < -0.39 is 0 Å². The standard InChI is InChI=1S/C23H30N2O2/c1-3-7-20(8-4-1)15-23-18-25(19-27-23)17-22(21-9-5-2-6-10-21)16-24-11-13-26-14-12-24/h1-10,22-23H,11-19H2. The number of morpholine rings is 1. The van der Waals surface area contributed by atoms with Gasteiger partial charge in [0.05, 0.1) is 26.0 Å². The maximum atomic E-state index is 6.09. The summed E-state index contributed by atoms with van der Waals surface area (Å²) in [6.45, 7) is 7.68. The Kier molecular flexibility index (Phi) is 6.53. The van der Waals surface area contributed by atoms with Crippen molar-refractivity contribution in [2.24, 2.45) is 0 Å². The number of benzene rings is 2. The molecule has 0 N–H and O–H groups in total. The van der Waals surface area contributed by atoms with Gasteiger partial charge in [0.25, 0.3) is 0 Å². The van der Waals surface area contributed by atoms with Crippen molar-refractivity contribution in [3.05, 3.63) is 71.8 Å². The highest BCUT2D eigenvalue weighted by Crippen LogP contribution is 2.22. The molecule has 144 valence electrons. The highest BCUT2D eigenvalue weighted by atomic mass is 16.5. The number of rotatable bonds is 7. The van der Waals surface area contributed by atoms with Gasteiger partial charge in [-0.3, -0.25) is 9.80 Å². The SMILES string of the molecule is c1ccc(CC2CN(CC(CN3CCOCC3)c3ccccc3)CO2)cc1. The van der Waals surface area contributed by atoms with Crippen molar-refractivity contribution in [1.82, 2.24) is 9.80 Å². The van der Waals surface area contributed by atoms with Gasteiger partial charge in [-0.25, -0.2) is 0 Å². The lowest BCUT2D eigenvalue weighted by Crippen LogP contribution is -2.41. The summed E-state index contributed by atoms with van der Waals surface area (Å²) in [5.74, 6) is 0.503. The van der Waals surface area contributed by atoms with Crippen molar-refractivity contribution in [2.75, 3.05) is 52.7 Å². The van der Waals surface area contributed by atoms with Crippen molar-refractivity contribution < 1.29 is 9.47 Å². The van der Waals surface area contributed by atoms with Crippen LogP contribution in [0.3, 0.4) is 0 Å². The molecule has 2 aliphatic rings. The fourth-order valence-corrected chi connectivity index (χ4v) is 4.13. The molecule has 0 bridgehead atoms. The molecule has 4 heteroatoms. The highest BCUT2D eigenvalue weighted by Gasteiger charge is 2.27. The van der Waals surface area contributed by atoms with E-state index in [1.54, 1.807) is 0 Å². The molecule has 2 heterocycles. The lowest BCUT2D eigenvalue weighted by molar-refractivity contribution is 0.0321. The van der Waals surface area contributed by atoms with Gasteiger partial charge in [-0.2, -0.15) is 0 Å². The molecule has 2 saturated heterocycles. The molecule has 2 aliphatic heterocycles. The maximum absolute atomic E-state index is 6.09. The topological polar surface area (TPSA) is 24.9 Å². The minimum atomic E-state index is 0.298. The molecule has 0 radical (unpaired) electrons. The molecule has 4 nitrogen and oxygen atoms in total. The Labute approximate surface area is 162 Å². The van der Waals surface area contributed by atoms with E-state index in [2.05, 4.69) is 70.5 Å². The molecule has 0 aliphatic carbocycles. The quantitative estimate of drug-likeness (QED) is 0.752. The van der Waals surface area contributed by atoms with Crippen LogP contribution in [0, 0.1) is 0 Å². The Morgan fingerprint density at radius 1 is 0.852 bits per heavy atom. The molecule has 0 aromatic heterocycles. The van der Waals surface area contributed by atoms with Crippen molar-refractivity contribution in [2.45, 2.75) is 18.4 Å². The van der Waals surface area contributed by atoms with Crippen LogP contribution in [0.4, 0.5) is 0 Å². The Bertz CT molecular complexity index is 673. The molecule has 2 aromatic carbocycles. The van der Waals surface area contributed by atoms with Crippen LogP contribution < -0.4 is 0 Å². The molecule has 2 aromatic rings. The van der Waals surface area contributed by atoms with Gasteiger partial charge in [-0.05, 0) is 17.5 Å². The van der Waals surface area contributed by atoms with Crippen LogP contribution in [0.5, 0.6) is 0 Å². The zero-order valence-electron chi connectivity index (χ0n) is 16.0. The molecule has 4 rings (SSSR count). The van der Waals surface area contributed by atoms with E-state index in [1.165, 1.54) is 11.1 Å². The zero-order valence-corrected chi connectivity index (χ0v) is 16.0. The van der Waals surface area contributed by atoms with Crippen LogP contribution in [0.1, 0.15) is 17.0 Å². The van der Waals surface area contributed by atoms with Crippen molar-refractivity contribution in [3.63, 3.8) is 0 Å². The van der Waals surface area contributed by atoms with E-state index in [0.717, 1.165) is 59.1 Å². The Morgan fingerprint density at radius 2 is 1.52 bits per heavy atom. The van der Waals surface area contributed by atoms with Gasteiger partial charge in [0.15, 0.2) is 0 Å². The van der Waals surface area contributed by atoms with E-state index in [1.807, 2.05) is 0 Å². The average Bonchev–Trinajstić information content (AvgIpc) is 3.16. The van der Waals surface area contributed by atoms with Crippen LogP contribution in [-0.2, 0) is 15.9 Å². The van der Waals surface area contributed by atoms with Gasteiger partial charge < -0.3 is 9.47 Å². The monoisotopic (exact) mass is 366 g/mol. The van der Waals surface area contributed by atoms with Gasteiger partial charge in [0, 0.05) is 38.6 Å². The Morgan fingerprint density at radius 3 is 2.26 bits per heavy atom. The second-order valence-electron chi connectivity index (χ2n) is 7.66. The Balaban J connectivity index is 1.36. The largest absolute Gasteiger partial charge is 0.379 e. The molecule has 2 fully saturated rings. The van der Waals surface area contributed by atoms with Crippen LogP contribution in [0.25, 0.3) is 0 Å². The summed E-state index contributed by atoms with van der Waals surface area (Å²) < 4.78 is 11.6. The van der Waals surface area contributed by atoms with Gasteiger partial charge >= 0.3 is 0 Å². The van der Waals surface area contributed by atoms with E-state index in [9.17, 15) is 0 Å². The first-order valence-corrected chi connectivity index (χ1v) is 10.1. The first-order valence-electron chi connectivity index (χ1n) is 10.1. The first-order chi connectivity index (χ1) is 13.4. The minimum absolute atomic E-state index is 0.298. The summed E-state index contributed by atoms with van der Waals surface area (Å²) in [5.41, 5.74) is 2.78. The van der Waals surface area contributed by atoms with Crippen LogP contribution >= 0.6 is 0 Å². The molecule has 2 unspecified atom stereocenters. The number of ether oxygens (including phenoxy) is 2. The molecule has 0 spiro atoms. The van der Waals surface area contributed by atoms with E-state index >= 15 is 0 Å². The third-order valence-corrected chi connectivity index (χ3v) is 5.59. The summed E-state index contributed by atoms with van der Waals surface area (Å²) >= 11 is 0. The molecule has 2 atom stereocenters. The average molecular weight is 367 g/mol. The van der Waals surface area contributed by atoms with Gasteiger partial charge in [-0.1, -0.05) is 60.7 Å². The number of hydrogen-bond acceptors (Lipinski definition) is 4. The number of hydrogen-bond donors (Lipinski definition) is 0. The molecular weight excluding hydrogens is 336 g/mol. The maximum Gasteiger partial charge on any atom is 0.0995 e. The third-order valence-electron chi connectivity index (χ3n) is 5.59. The van der Waals surface area contributed by atoms with E-state index in [0.29, 0.717) is 12.0 Å². The van der Waals surface area contributed by atoms with Gasteiger partial charge in [-0.15, -0.1) is 0 Å². The zero-order chi connectivity index (χ0) is 18.3. The van der Waals surface area contributed by atoms with Crippen molar-refractivity contribution in [3.8, 4) is 0 Å². The van der Waals surface area contributed by atoms with Crippen LogP contribution in [0.15, 0.2) is 60.7 Å². The fraction of sp³-hybridized carbons (Fsp3) is 0.478. The summed E-state index contributed by atoms with van der Waals surface area (Å²) in [6, 6.07) is 21.6. The van der Waals surface area contributed by atoms with E-state index in [4.69, 9.17) is 9.47 Å². The summed E-state index contributed by atoms with van der Waals surface area (Å²) in [4.78, 5) is 5.02. The predicted octanol–water partition coefficient (Wildman–Crippen LogP) is 3.00. The lowest BCUT2D eigenvalue weighted by Gasteiger charge is -2.32. The van der Waals surface area contributed by atoms with Crippen molar-refractivity contribution in [1.29, 1.82) is 0 Å². The van der Waals surface area contributed by atoms with E-state index in [-0.39, 0.29) is 0 Å². The Hall–Kier alpha value is -1.72. The molecular formula is C23H30N2O2. The van der Waals surface area contributed by atoms with Crippen LogP contribution in [-0.4, -0.2) is 68.6 Å². The number of nitrogens with zero attached hydrogens (tertiary/aromatic N) is 2. The molecule has 27 heavy (non-hydrogen) atoms. The van der Waals surface area contributed by atoms with Crippen LogP contribution in [0.2, 0.25) is 0 Å². The second kappa shape index (κ2) is 9.47. The minimum Gasteiger partial charge on any atom is -0.379 e. The van der Waals surface area contributed by atoms with Gasteiger partial charge in [0.2, 0.25) is 0 Å². The lowest BCUT2D eigenvalue weighted by atomic mass is 9.97. The van der Waals surface area contributed by atoms with Gasteiger partial charge in [0.1, 0.15) is 0 Å². The highest BCUT2D eigenvalue weighted by molar-refractivity contribution is 5.21. The van der Waals surface area contributed by atoms with Crippen molar-refractivity contribution >= 4 is 0 Å². The normalized spacial score (nSPS) is 22.7. The molecule has 0 saturated carbocycles. The molecule has 0 amide bonds. The fourth-order valence-electron chi connectivity index (χ4n) is 4.13. The first kappa shape index (κ1) is 18.6. The second-order valence-corrected chi connectivity index (χ2v) is 7.66. The predicted molar refractivity (Wildman–Crippen MR) is 108 cm³/mol. The third kappa shape index (κ3) is 5.39. The smallest absolute Gasteiger partial charge is 0.0995 e. The summed E-state index contributed by atoms with van der Waals surface area (Å²) in [7, 11) is 0. The summed E-state index contributed by atoms with van der Waals surface area (Å²) in [6.07, 6.45) is 1.30.